The van der Waals surface area contributed by atoms with Crippen molar-refractivity contribution in [3.05, 3.63) is 59.9 Å². The number of nitrogens with one attached hydrogen (secondary N) is 3. The minimum atomic E-state index is -0.397. The van der Waals surface area contributed by atoms with Crippen molar-refractivity contribution < 1.29 is 13.9 Å². The van der Waals surface area contributed by atoms with Crippen LogP contribution in [0, 0.1) is 12.7 Å². The molecule has 0 unspecified atom stereocenters. The van der Waals surface area contributed by atoms with Gasteiger partial charge in [0.15, 0.2) is 0 Å². The highest BCUT2D eigenvalue weighted by atomic mass is 19.1. The Morgan fingerprint density at radius 2 is 2.03 bits per heavy atom. The maximum Gasteiger partial charge on any atom is 0.320 e. The molecule has 4 heterocycles. The van der Waals surface area contributed by atoms with Gasteiger partial charge in [0.25, 0.3) is 0 Å². The molecule has 1 aromatic carbocycles. The lowest BCUT2D eigenvalue weighted by Gasteiger charge is -2.21. The van der Waals surface area contributed by atoms with Crippen molar-refractivity contribution >= 4 is 28.3 Å². The second-order valence-corrected chi connectivity index (χ2v) is 8.27. The Kier molecular flexibility index (Phi) is 5.48. The normalized spacial score (nSPS) is 13.5. The summed E-state index contributed by atoms with van der Waals surface area (Å²) in [5.74, 6) is 0.506. The van der Waals surface area contributed by atoms with E-state index in [-0.39, 0.29) is 11.9 Å². The Balaban J connectivity index is 1.41. The largest absolute Gasteiger partial charge is 0.474 e. The number of urea groups is 1. The molecule has 0 saturated heterocycles. The number of benzene rings is 1. The number of fused-ring (bicyclic) bond motifs is 2. The van der Waals surface area contributed by atoms with E-state index >= 15 is 4.39 Å². The molecule has 174 valence electrons. The van der Waals surface area contributed by atoms with Gasteiger partial charge in [-0.2, -0.15) is 5.10 Å². The Morgan fingerprint density at radius 1 is 1.18 bits per heavy atom. The number of hydrogen-bond acceptors (Lipinski definition) is 6. The van der Waals surface area contributed by atoms with Crippen LogP contribution in [-0.4, -0.2) is 38.9 Å². The Bertz CT molecular complexity index is 1400. The minimum absolute atomic E-state index is 0.230. The number of aryl methyl sites for hydroxylation is 1. The molecule has 0 spiro atoms. The quantitative estimate of drug-likeness (QED) is 0.421. The monoisotopic (exact) mass is 461 g/mol. The lowest BCUT2D eigenvalue weighted by Crippen LogP contribution is -2.31. The summed E-state index contributed by atoms with van der Waals surface area (Å²) in [4.78, 5) is 21.1. The molecular weight excluding hydrogens is 437 g/mol. The molecule has 0 fully saturated rings. The average Bonchev–Trinajstić information content (AvgIpc) is 3.26. The SMILES string of the molecule is Cc1c(-c2cc3cc(NC(=O)N[C@@H](C)c4cnn(C)c4)ncc3cc2F)cnc2c1NCCO2. The number of halogens is 1. The summed E-state index contributed by atoms with van der Waals surface area (Å²) in [6.45, 7) is 4.99. The Morgan fingerprint density at radius 3 is 2.82 bits per heavy atom. The number of hydrogen-bond donors (Lipinski definition) is 3. The minimum Gasteiger partial charge on any atom is -0.474 e. The molecule has 0 saturated carbocycles. The average molecular weight is 462 g/mol. The molecule has 3 N–H and O–H groups in total. The number of carbonyl (C=O) groups is 1. The molecule has 0 aliphatic carbocycles. The van der Waals surface area contributed by atoms with Crippen LogP contribution in [-0.2, 0) is 7.05 Å². The lowest BCUT2D eigenvalue weighted by atomic mass is 9.98. The fourth-order valence-electron chi connectivity index (χ4n) is 4.03. The number of pyridine rings is 2. The van der Waals surface area contributed by atoms with E-state index in [0.717, 1.165) is 22.2 Å². The fourth-order valence-corrected chi connectivity index (χ4v) is 4.03. The van der Waals surface area contributed by atoms with Gasteiger partial charge in [-0.15, -0.1) is 0 Å². The third kappa shape index (κ3) is 4.09. The number of ether oxygens (including phenoxy) is 1. The standard InChI is InChI=1S/C24H24FN7O2/c1-13-19(11-28-23-22(13)26-4-5-34-23)18-6-15-8-21(27-9-16(15)7-20(18)25)31-24(33)30-14(2)17-10-29-32(3)12-17/h6-12,14,26H,4-5H2,1-3H3,(H2,27,30,31,33)/t14-/m0/s1. The van der Waals surface area contributed by atoms with Crippen LogP contribution in [0.2, 0.25) is 0 Å². The predicted molar refractivity (Wildman–Crippen MR) is 127 cm³/mol. The van der Waals surface area contributed by atoms with Crippen molar-refractivity contribution in [1.82, 2.24) is 25.1 Å². The van der Waals surface area contributed by atoms with Gasteiger partial charge in [-0.3, -0.25) is 10.00 Å². The molecule has 2 amide bonds. The molecule has 1 atom stereocenters. The van der Waals surface area contributed by atoms with Crippen LogP contribution in [0.5, 0.6) is 5.88 Å². The van der Waals surface area contributed by atoms with E-state index in [1.165, 1.54) is 12.3 Å². The first kappa shape index (κ1) is 21.6. The zero-order valence-electron chi connectivity index (χ0n) is 19.0. The van der Waals surface area contributed by atoms with E-state index < -0.39 is 6.03 Å². The first-order valence-corrected chi connectivity index (χ1v) is 10.9. The van der Waals surface area contributed by atoms with Gasteiger partial charge in [0.1, 0.15) is 23.9 Å². The van der Waals surface area contributed by atoms with Gasteiger partial charge in [-0.05, 0) is 43.0 Å². The summed E-state index contributed by atoms with van der Waals surface area (Å²) in [6, 6.07) is 4.27. The van der Waals surface area contributed by atoms with Gasteiger partial charge in [-0.25, -0.2) is 19.2 Å². The van der Waals surface area contributed by atoms with Gasteiger partial charge in [0, 0.05) is 54.3 Å². The Labute approximate surface area is 195 Å². The van der Waals surface area contributed by atoms with Gasteiger partial charge >= 0.3 is 6.03 Å². The lowest BCUT2D eigenvalue weighted by molar-refractivity contribution is 0.249. The molecular formula is C24H24FN7O2. The third-order valence-corrected chi connectivity index (χ3v) is 5.86. The van der Waals surface area contributed by atoms with Crippen molar-refractivity contribution in [2.24, 2.45) is 7.05 Å². The highest BCUT2D eigenvalue weighted by molar-refractivity contribution is 5.94. The molecule has 1 aliphatic heterocycles. The van der Waals surface area contributed by atoms with Crippen LogP contribution >= 0.6 is 0 Å². The molecule has 5 rings (SSSR count). The van der Waals surface area contributed by atoms with E-state index in [0.29, 0.717) is 41.4 Å². The summed E-state index contributed by atoms with van der Waals surface area (Å²) in [5, 5.41) is 14.4. The number of amides is 2. The molecule has 3 aromatic heterocycles. The summed E-state index contributed by atoms with van der Waals surface area (Å²) in [6.07, 6.45) is 6.71. The number of rotatable bonds is 4. The van der Waals surface area contributed by atoms with Crippen molar-refractivity contribution in [3.63, 3.8) is 0 Å². The summed E-state index contributed by atoms with van der Waals surface area (Å²) in [7, 11) is 1.82. The summed E-state index contributed by atoms with van der Waals surface area (Å²) in [5.41, 5.74) is 3.61. The topological polar surface area (TPSA) is 106 Å². The second-order valence-electron chi connectivity index (χ2n) is 8.27. The van der Waals surface area contributed by atoms with E-state index in [9.17, 15) is 4.79 Å². The third-order valence-electron chi connectivity index (χ3n) is 5.86. The number of nitrogens with zero attached hydrogens (tertiary/aromatic N) is 4. The maximum atomic E-state index is 15.0. The molecule has 0 bridgehead atoms. The zero-order chi connectivity index (χ0) is 23.8. The van der Waals surface area contributed by atoms with Gasteiger partial charge < -0.3 is 15.4 Å². The second kappa shape index (κ2) is 8.62. The van der Waals surface area contributed by atoms with Gasteiger partial charge in [0.05, 0.1) is 12.2 Å². The van der Waals surface area contributed by atoms with Crippen LogP contribution in [0.25, 0.3) is 21.9 Å². The van der Waals surface area contributed by atoms with Crippen molar-refractivity contribution in [3.8, 4) is 17.0 Å². The first-order chi connectivity index (χ1) is 16.4. The number of carbonyl (C=O) groups excluding carboxylic acids is 1. The van der Waals surface area contributed by atoms with Crippen molar-refractivity contribution in [1.29, 1.82) is 0 Å². The molecule has 0 radical (unpaired) electrons. The molecule has 10 heteroatoms. The molecule has 9 nitrogen and oxygen atoms in total. The Hall–Kier alpha value is -4.21. The van der Waals surface area contributed by atoms with E-state index in [1.54, 1.807) is 29.2 Å². The predicted octanol–water partition coefficient (Wildman–Crippen LogP) is 4.16. The molecule has 4 aromatic rings. The van der Waals surface area contributed by atoms with Crippen molar-refractivity contribution in [2.75, 3.05) is 23.8 Å². The highest BCUT2D eigenvalue weighted by Crippen LogP contribution is 2.37. The maximum absolute atomic E-state index is 15.0. The van der Waals surface area contributed by atoms with E-state index in [2.05, 4.69) is 31.0 Å². The van der Waals surface area contributed by atoms with Crippen LogP contribution in [0.4, 0.5) is 20.7 Å². The van der Waals surface area contributed by atoms with Crippen LogP contribution < -0.4 is 20.7 Å². The van der Waals surface area contributed by atoms with Gasteiger partial charge in [-0.1, -0.05) is 0 Å². The van der Waals surface area contributed by atoms with E-state index in [1.807, 2.05) is 27.1 Å². The van der Waals surface area contributed by atoms with Gasteiger partial charge in [0.2, 0.25) is 5.88 Å². The number of aromatic nitrogens is 4. The highest BCUT2D eigenvalue weighted by Gasteiger charge is 2.19. The van der Waals surface area contributed by atoms with Crippen LogP contribution in [0.15, 0.2) is 43.0 Å². The van der Waals surface area contributed by atoms with Crippen LogP contribution in [0.3, 0.4) is 0 Å². The van der Waals surface area contributed by atoms with Crippen LogP contribution in [0.1, 0.15) is 24.1 Å². The summed E-state index contributed by atoms with van der Waals surface area (Å²) >= 11 is 0. The first-order valence-electron chi connectivity index (χ1n) is 10.9. The van der Waals surface area contributed by atoms with E-state index in [4.69, 9.17) is 4.74 Å². The molecule has 34 heavy (non-hydrogen) atoms. The number of anilines is 2. The zero-order valence-corrected chi connectivity index (χ0v) is 19.0. The fraction of sp³-hybridized carbons (Fsp3) is 0.250. The molecule has 1 aliphatic rings. The smallest absolute Gasteiger partial charge is 0.320 e. The van der Waals surface area contributed by atoms with Crippen molar-refractivity contribution in [2.45, 2.75) is 19.9 Å². The summed E-state index contributed by atoms with van der Waals surface area (Å²) < 4.78 is 22.3.